The van der Waals surface area contributed by atoms with E-state index in [4.69, 9.17) is 21.1 Å². The number of methoxy groups -OCH3 is 1. The Morgan fingerprint density at radius 1 is 0.816 bits per heavy atom. The van der Waals surface area contributed by atoms with E-state index >= 15 is 0 Å². The predicted octanol–water partition coefficient (Wildman–Crippen LogP) is 7.15. The summed E-state index contributed by atoms with van der Waals surface area (Å²) >= 11 is 7.44. The number of aromatic nitrogens is 3. The molecule has 0 fully saturated rings. The molecule has 38 heavy (non-hydrogen) atoms. The van der Waals surface area contributed by atoms with Gasteiger partial charge < -0.3 is 9.47 Å². The van der Waals surface area contributed by atoms with Crippen LogP contribution in [0, 0.1) is 0 Å². The highest BCUT2D eigenvalue weighted by Crippen LogP contribution is 2.26. The van der Waals surface area contributed by atoms with E-state index < -0.39 is 0 Å². The summed E-state index contributed by atoms with van der Waals surface area (Å²) in [5.41, 5.74) is 3.70. The maximum Gasteiger partial charge on any atom is 0.196 e. The van der Waals surface area contributed by atoms with Gasteiger partial charge in [0.2, 0.25) is 0 Å². The molecule has 0 atom stereocenters. The Morgan fingerprint density at radius 3 is 2.16 bits per heavy atom. The fourth-order valence-electron chi connectivity index (χ4n) is 3.85. The molecule has 1 heterocycles. The molecule has 4 aromatic carbocycles. The summed E-state index contributed by atoms with van der Waals surface area (Å²) in [4.78, 5) is 12.8. The maximum absolute atomic E-state index is 12.8. The maximum atomic E-state index is 12.8. The van der Waals surface area contributed by atoms with Gasteiger partial charge in [0.1, 0.15) is 18.1 Å². The first-order valence-electron chi connectivity index (χ1n) is 11.9. The van der Waals surface area contributed by atoms with Crippen molar-refractivity contribution in [3.05, 3.63) is 120 Å². The third-order valence-corrected chi connectivity index (χ3v) is 7.04. The lowest BCUT2D eigenvalue weighted by Crippen LogP contribution is -2.08. The minimum absolute atomic E-state index is 0.0142. The first-order valence-corrected chi connectivity index (χ1v) is 13.3. The Morgan fingerprint density at radius 2 is 1.47 bits per heavy atom. The van der Waals surface area contributed by atoms with Crippen LogP contribution in [0.5, 0.6) is 11.5 Å². The zero-order chi connectivity index (χ0) is 26.3. The minimum Gasteiger partial charge on any atom is -0.497 e. The van der Waals surface area contributed by atoms with E-state index in [-0.39, 0.29) is 18.1 Å². The van der Waals surface area contributed by atoms with Gasteiger partial charge in [-0.25, -0.2) is 0 Å². The molecule has 0 radical (unpaired) electrons. The number of ether oxygens (including phenoxy) is 2. The molecule has 0 aliphatic rings. The molecule has 0 N–H and O–H groups in total. The second-order valence-corrected chi connectivity index (χ2v) is 9.71. The van der Waals surface area contributed by atoms with Crippen molar-refractivity contribution in [1.29, 1.82) is 0 Å². The van der Waals surface area contributed by atoms with Crippen molar-refractivity contribution in [2.24, 2.45) is 0 Å². The first-order chi connectivity index (χ1) is 18.6. The summed E-state index contributed by atoms with van der Waals surface area (Å²) in [7, 11) is 1.59. The second kappa shape index (κ2) is 12.0. The first kappa shape index (κ1) is 25.6. The van der Waals surface area contributed by atoms with Gasteiger partial charge in [-0.1, -0.05) is 65.8 Å². The number of benzene rings is 4. The van der Waals surface area contributed by atoms with Crippen molar-refractivity contribution in [3.63, 3.8) is 0 Å². The molecule has 5 aromatic rings. The number of carbonyl (C=O) groups is 1. The van der Waals surface area contributed by atoms with Gasteiger partial charge in [-0.3, -0.25) is 9.36 Å². The van der Waals surface area contributed by atoms with Gasteiger partial charge in [-0.15, -0.1) is 10.2 Å². The van der Waals surface area contributed by atoms with Crippen LogP contribution in [0.1, 0.15) is 16.2 Å². The lowest BCUT2D eigenvalue weighted by atomic mass is 10.1. The quantitative estimate of drug-likeness (QED) is 0.138. The number of rotatable bonds is 10. The monoisotopic (exact) mass is 541 g/mol. The highest BCUT2D eigenvalue weighted by molar-refractivity contribution is 7.99. The molecule has 1 aromatic heterocycles. The normalized spacial score (nSPS) is 10.8. The zero-order valence-corrected chi connectivity index (χ0v) is 22.2. The summed E-state index contributed by atoms with van der Waals surface area (Å²) in [6.45, 7) is 0.202. The largest absolute Gasteiger partial charge is 0.497 e. The zero-order valence-electron chi connectivity index (χ0n) is 20.6. The van der Waals surface area contributed by atoms with Crippen LogP contribution in [-0.4, -0.2) is 33.4 Å². The van der Waals surface area contributed by atoms with E-state index in [0.717, 1.165) is 22.6 Å². The van der Waals surface area contributed by atoms with Gasteiger partial charge in [0.15, 0.2) is 16.8 Å². The smallest absolute Gasteiger partial charge is 0.196 e. The van der Waals surface area contributed by atoms with E-state index in [1.807, 2.05) is 59.2 Å². The summed E-state index contributed by atoms with van der Waals surface area (Å²) < 4.78 is 13.1. The van der Waals surface area contributed by atoms with Crippen LogP contribution in [-0.2, 0) is 6.61 Å². The molecule has 0 saturated carbocycles. The Bertz CT molecular complexity index is 1500. The van der Waals surface area contributed by atoms with Crippen molar-refractivity contribution >= 4 is 29.1 Å². The number of halogens is 1. The molecule has 0 unspecified atom stereocenters. The average molecular weight is 542 g/mol. The summed E-state index contributed by atoms with van der Waals surface area (Å²) in [6.07, 6.45) is 0. The van der Waals surface area contributed by atoms with E-state index in [9.17, 15) is 4.79 Å². The molecule has 6 nitrogen and oxygen atoms in total. The fraction of sp³-hybridized carbons (Fsp3) is 0.100. The summed E-state index contributed by atoms with van der Waals surface area (Å²) in [6, 6.07) is 32.6. The summed E-state index contributed by atoms with van der Waals surface area (Å²) in [5, 5.41) is 9.96. The van der Waals surface area contributed by atoms with Crippen molar-refractivity contribution in [3.8, 4) is 28.3 Å². The van der Waals surface area contributed by atoms with Crippen LogP contribution >= 0.6 is 23.4 Å². The van der Waals surface area contributed by atoms with Crippen LogP contribution in [0.3, 0.4) is 0 Å². The number of ketones is 1. The van der Waals surface area contributed by atoms with Crippen LogP contribution in [0.15, 0.2) is 108 Å². The van der Waals surface area contributed by atoms with Crippen LogP contribution in [0.4, 0.5) is 0 Å². The number of hydrogen-bond acceptors (Lipinski definition) is 6. The third kappa shape index (κ3) is 6.07. The van der Waals surface area contributed by atoms with Gasteiger partial charge >= 0.3 is 0 Å². The molecule has 8 heteroatoms. The van der Waals surface area contributed by atoms with E-state index in [1.54, 1.807) is 43.5 Å². The molecule has 0 bridgehead atoms. The number of carbonyl (C=O) groups excluding carboxylic acids is 1. The van der Waals surface area contributed by atoms with E-state index in [1.165, 1.54) is 11.8 Å². The number of thioether (sulfide) groups is 1. The Labute approximate surface area is 230 Å². The SMILES string of the molecule is COc1ccc(C(=O)CSc2nnc(COc3ccc(-c4ccccc4)cc3)n2-c2ccc(Cl)cc2)cc1. The second-order valence-electron chi connectivity index (χ2n) is 8.33. The average Bonchev–Trinajstić information content (AvgIpc) is 3.38. The molecular formula is C30H24ClN3O3S. The molecule has 190 valence electrons. The Balaban J connectivity index is 1.32. The molecule has 5 rings (SSSR count). The van der Waals surface area contributed by atoms with Gasteiger partial charge in [0.25, 0.3) is 0 Å². The van der Waals surface area contributed by atoms with Crippen molar-refractivity contribution < 1.29 is 14.3 Å². The van der Waals surface area contributed by atoms with Crippen molar-refractivity contribution in [2.45, 2.75) is 11.8 Å². The van der Waals surface area contributed by atoms with E-state index in [2.05, 4.69) is 22.3 Å². The summed E-state index contributed by atoms with van der Waals surface area (Å²) in [5.74, 6) is 2.23. The minimum atomic E-state index is -0.0142. The van der Waals surface area contributed by atoms with Crippen LogP contribution in [0.25, 0.3) is 16.8 Å². The Hall–Kier alpha value is -4.07. The Kier molecular flexibility index (Phi) is 8.06. The van der Waals surface area contributed by atoms with Crippen molar-refractivity contribution in [2.75, 3.05) is 12.9 Å². The molecule has 0 aliphatic carbocycles. The molecule has 0 aliphatic heterocycles. The molecular weight excluding hydrogens is 518 g/mol. The lowest BCUT2D eigenvalue weighted by molar-refractivity contribution is 0.102. The standard InChI is InChI=1S/C30H24ClN3O3S/c1-36-26-15-9-23(10-16-26)28(35)20-38-30-33-32-29(34(30)25-13-11-24(31)12-14-25)19-37-27-17-7-22(8-18-27)21-5-3-2-4-6-21/h2-18H,19-20H2,1H3. The number of nitrogens with zero attached hydrogens (tertiary/aromatic N) is 3. The van der Waals surface area contributed by atoms with Gasteiger partial charge in [0, 0.05) is 16.3 Å². The van der Waals surface area contributed by atoms with Crippen molar-refractivity contribution in [1.82, 2.24) is 14.8 Å². The highest BCUT2D eigenvalue weighted by Gasteiger charge is 2.17. The van der Waals surface area contributed by atoms with Gasteiger partial charge in [0.05, 0.1) is 12.9 Å². The third-order valence-electron chi connectivity index (χ3n) is 5.86. The lowest BCUT2D eigenvalue weighted by Gasteiger charge is -2.12. The van der Waals surface area contributed by atoms with Gasteiger partial charge in [-0.2, -0.15) is 0 Å². The molecule has 0 saturated heterocycles. The molecule has 0 spiro atoms. The van der Waals surface area contributed by atoms with Crippen LogP contribution in [0.2, 0.25) is 5.02 Å². The predicted molar refractivity (Wildman–Crippen MR) is 151 cm³/mol. The molecule has 0 amide bonds. The number of Topliss-reactive ketones (excluding diaryl/α,β-unsaturated/α-hetero) is 1. The van der Waals surface area contributed by atoms with E-state index in [0.29, 0.717) is 27.3 Å². The van der Waals surface area contributed by atoms with Gasteiger partial charge in [-0.05, 0) is 71.8 Å². The topological polar surface area (TPSA) is 66.2 Å². The fourth-order valence-corrected chi connectivity index (χ4v) is 4.84. The highest BCUT2D eigenvalue weighted by atomic mass is 35.5. The number of hydrogen-bond donors (Lipinski definition) is 0. The van der Waals surface area contributed by atoms with Crippen LogP contribution < -0.4 is 9.47 Å².